The third-order valence-electron chi connectivity index (χ3n) is 2.15. The smallest absolute Gasteiger partial charge is 0.323 e. The third-order valence-corrected chi connectivity index (χ3v) is 2.15. The summed E-state index contributed by atoms with van der Waals surface area (Å²) in [5.41, 5.74) is 0. The van der Waals surface area contributed by atoms with E-state index in [0.29, 0.717) is 12.5 Å². The fraction of sp³-hybridized carbons (Fsp3) is 0.636. The lowest BCUT2D eigenvalue weighted by atomic mass is 10.4. The van der Waals surface area contributed by atoms with E-state index in [1.807, 2.05) is 13.8 Å². The number of carboxylic acids is 1. The van der Waals surface area contributed by atoms with Gasteiger partial charge in [0.25, 0.3) is 0 Å². The monoisotopic (exact) mass is 284 g/mol. The molecule has 0 aliphatic heterocycles. The quantitative estimate of drug-likeness (QED) is 0.505. The van der Waals surface area contributed by atoms with Crippen molar-refractivity contribution in [1.29, 1.82) is 0 Å². The summed E-state index contributed by atoms with van der Waals surface area (Å²) in [4.78, 5) is 24.5. The number of aromatic nitrogens is 3. The first-order valence-corrected chi connectivity index (χ1v) is 6.22. The Morgan fingerprint density at radius 2 is 1.95 bits per heavy atom. The van der Waals surface area contributed by atoms with Gasteiger partial charge in [-0.05, 0) is 13.8 Å². The van der Waals surface area contributed by atoms with Gasteiger partial charge in [-0.25, -0.2) is 0 Å². The molecule has 20 heavy (non-hydrogen) atoms. The van der Waals surface area contributed by atoms with E-state index >= 15 is 0 Å². The summed E-state index contributed by atoms with van der Waals surface area (Å²) in [5, 5.41) is 23.5. The van der Waals surface area contributed by atoms with Gasteiger partial charge in [0.15, 0.2) is 0 Å². The molecule has 112 valence electrons. The van der Waals surface area contributed by atoms with Gasteiger partial charge in [0.1, 0.15) is 6.54 Å². The van der Waals surface area contributed by atoms with Gasteiger partial charge in [0.05, 0.1) is 6.61 Å². The van der Waals surface area contributed by atoms with Gasteiger partial charge in [0.2, 0.25) is 17.8 Å². The van der Waals surface area contributed by atoms with Crippen molar-refractivity contribution < 1.29 is 15.0 Å². The first kappa shape index (κ1) is 15.9. The number of likely N-dealkylation sites (N-methyl/N-ethyl adjacent to an activating group) is 1. The highest BCUT2D eigenvalue weighted by atomic mass is 16.4. The fourth-order valence-electron chi connectivity index (χ4n) is 1.38. The Labute approximate surface area is 117 Å². The Morgan fingerprint density at radius 3 is 2.50 bits per heavy atom. The molecule has 9 nitrogen and oxygen atoms in total. The zero-order valence-electron chi connectivity index (χ0n) is 11.8. The molecule has 0 atom stereocenters. The lowest BCUT2D eigenvalue weighted by Crippen LogP contribution is -2.28. The van der Waals surface area contributed by atoms with Crippen molar-refractivity contribution in [3.8, 4) is 0 Å². The zero-order chi connectivity index (χ0) is 15.1. The summed E-state index contributed by atoms with van der Waals surface area (Å²) in [7, 11) is 1.58. The van der Waals surface area contributed by atoms with Crippen molar-refractivity contribution in [1.82, 2.24) is 15.0 Å². The van der Waals surface area contributed by atoms with Gasteiger partial charge < -0.3 is 25.7 Å². The molecule has 0 spiro atoms. The molecule has 0 saturated carbocycles. The Bertz CT molecular complexity index is 454. The molecule has 0 aliphatic rings. The van der Waals surface area contributed by atoms with E-state index in [9.17, 15) is 4.79 Å². The molecule has 0 aromatic carbocycles. The van der Waals surface area contributed by atoms with Crippen LogP contribution in [-0.4, -0.2) is 63.9 Å². The predicted molar refractivity (Wildman–Crippen MR) is 75.1 cm³/mol. The van der Waals surface area contributed by atoms with Crippen molar-refractivity contribution in [2.24, 2.45) is 0 Å². The van der Waals surface area contributed by atoms with Crippen molar-refractivity contribution in [3.63, 3.8) is 0 Å². The molecule has 4 N–H and O–H groups in total. The number of aliphatic carboxylic acids is 1. The highest BCUT2D eigenvalue weighted by Gasteiger charge is 2.13. The van der Waals surface area contributed by atoms with Gasteiger partial charge in [-0.2, -0.15) is 15.0 Å². The number of carbonyl (C=O) groups is 1. The molecule has 9 heteroatoms. The molecule has 0 amide bonds. The molecule has 0 bridgehead atoms. The summed E-state index contributed by atoms with van der Waals surface area (Å²) in [6.07, 6.45) is 0. The van der Waals surface area contributed by atoms with Crippen LogP contribution in [0.4, 0.5) is 17.8 Å². The number of hydrogen-bond donors (Lipinski definition) is 4. The topological polar surface area (TPSA) is 124 Å². The van der Waals surface area contributed by atoms with Crippen LogP contribution in [0.2, 0.25) is 0 Å². The molecule has 0 unspecified atom stereocenters. The van der Waals surface area contributed by atoms with Crippen LogP contribution in [0.25, 0.3) is 0 Å². The van der Waals surface area contributed by atoms with E-state index < -0.39 is 5.97 Å². The summed E-state index contributed by atoms with van der Waals surface area (Å²) in [6, 6.07) is 0.126. The number of aliphatic hydroxyl groups excluding tert-OH is 1. The summed E-state index contributed by atoms with van der Waals surface area (Å²) in [6.45, 7) is 3.90. The van der Waals surface area contributed by atoms with Gasteiger partial charge in [-0.15, -0.1) is 0 Å². The van der Waals surface area contributed by atoms with E-state index in [0.717, 1.165) is 0 Å². The van der Waals surface area contributed by atoms with Gasteiger partial charge in [-0.3, -0.25) is 4.79 Å². The lowest BCUT2D eigenvalue weighted by Gasteiger charge is -2.17. The van der Waals surface area contributed by atoms with Crippen molar-refractivity contribution in [2.45, 2.75) is 19.9 Å². The van der Waals surface area contributed by atoms with Crippen LogP contribution in [0.3, 0.4) is 0 Å². The normalized spacial score (nSPS) is 10.4. The Hall–Kier alpha value is -2.16. The van der Waals surface area contributed by atoms with Crippen LogP contribution in [0.1, 0.15) is 13.8 Å². The molecular formula is C11H20N6O3. The number of anilines is 3. The molecule has 0 fully saturated rings. The zero-order valence-corrected chi connectivity index (χ0v) is 11.8. The predicted octanol–water partition coefficient (Wildman–Crippen LogP) is -0.383. The van der Waals surface area contributed by atoms with Crippen LogP contribution in [0.5, 0.6) is 0 Å². The first-order valence-electron chi connectivity index (χ1n) is 6.22. The van der Waals surface area contributed by atoms with Crippen molar-refractivity contribution in [2.75, 3.05) is 42.3 Å². The van der Waals surface area contributed by atoms with E-state index in [4.69, 9.17) is 10.2 Å². The largest absolute Gasteiger partial charge is 0.480 e. The van der Waals surface area contributed by atoms with Gasteiger partial charge >= 0.3 is 5.97 Å². The summed E-state index contributed by atoms with van der Waals surface area (Å²) < 4.78 is 0. The highest BCUT2D eigenvalue weighted by Crippen LogP contribution is 2.12. The molecular weight excluding hydrogens is 264 g/mol. The molecule has 1 rings (SSSR count). The maximum atomic E-state index is 10.7. The van der Waals surface area contributed by atoms with Crippen molar-refractivity contribution >= 4 is 23.8 Å². The number of hydrogen-bond acceptors (Lipinski definition) is 8. The van der Waals surface area contributed by atoms with E-state index in [-0.39, 0.29) is 31.1 Å². The summed E-state index contributed by atoms with van der Waals surface area (Å²) >= 11 is 0. The van der Waals surface area contributed by atoms with Gasteiger partial charge in [0, 0.05) is 19.6 Å². The summed E-state index contributed by atoms with van der Waals surface area (Å²) in [5.74, 6) is -0.103. The molecule has 1 aromatic heterocycles. The fourth-order valence-corrected chi connectivity index (χ4v) is 1.38. The number of aliphatic hydroxyl groups is 1. The Kier molecular flexibility index (Phi) is 5.91. The second-order valence-electron chi connectivity index (χ2n) is 4.48. The van der Waals surface area contributed by atoms with Crippen LogP contribution in [0.15, 0.2) is 0 Å². The third kappa shape index (κ3) is 5.22. The van der Waals surface area contributed by atoms with E-state index in [1.54, 1.807) is 7.05 Å². The van der Waals surface area contributed by atoms with Crippen LogP contribution >= 0.6 is 0 Å². The standard InChI is InChI=1S/C11H20N6O3/c1-7(2)13-10-14-9(12-4-5-18)15-11(16-10)17(3)6-8(19)20/h7,18H,4-6H2,1-3H3,(H,19,20)(H2,12,13,14,15,16). The van der Waals surface area contributed by atoms with Crippen LogP contribution in [-0.2, 0) is 4.79 Å². The SMILES string of the molecule is CC(C)Nc1nc(NCCO)nc(N(C)CC(=O)O)n1. The first-order chi connectivity index (χ1) is 9.42. The second kappa shape index (κ2) is 7.43. The van der Waals surface area contributed by atoms with E-state index in [2.05, 4.69) is 25.6 Å². The molecule has 0 radical (unpaired) electrons. The number of rotatable bonds is 8. The number of carboxylic acid groups (broad SMARTS) is 1. The maximum Gasteiger partial charge on any atom is 0.323 e. The minimum Gasteiger partial charge on any atom is -0.480 e. The average molecular weight is 284 g/mol. The number of nitrogens with zero attached hydrogens (tertiary/aromatic N) is 4. The maximum absolute atomic E-state index is 10.7. The second-order valence-corrected chi connectivity index (χ2v) is 4.48. The van der Waals surface area contributed by atoms with E-state index in [1.165, 1.54) is 4.90 Å². The minimum atomic E-state index is -0.976. The number of nitrogens with one attached hydrogen (secondary N) is 2. The highest BCUT2D eigenvalue weighted by molar-refractivity contribution is 5.72. The molecule has 0 saturated heterocycles. The van der Waals surface area contributed by atoms with Gasteiger partial charge in [-0.1, -0.05) is 0 Å². The van der Waals surface area contributed by atoms with Crippen LogP contribution < -0.4 is 15.5 Å². The molecule has 1 heterocycles. The Balaban J connectivity index is 2.98. The minimum absolute atomic E-state index is 0.0566. The molecule has 1 aromatic rings. The van der Waals surface area contributed by atoms with Crippen molar-refractivity contribution in [3.05, 3.63) is 0 Å². The lowest BCUT2D eigenvalue weighted by molar-refractivity contribution is -0.135. The average Bonchev–Trinajstić information content (AvgIpc) is 2.34. The molecule has 0 aliphatic carbocycles. The van der Waals surface area contributed by atoms with Crippen LogP contribution in [0, 0.1) is 0 Å². The Morgan fingerprint density at radius 1 is 1.30 bits per heavy atom.